The average molecular weight is 421 g/mol. The minimum absolute atomic E-state index is 0.165. The molecule has 0 saturated carbocycles. The van der Waals surface area contributed by atoms with Gasteiger partial charge in [-0.2, -0.15) is 4.98 Å². The van der Waals surface area contributed by atoms with Crippen molar-refractivity contribution in [3.63, 3.8) is 0 Å². The largest absolute Gasteiger partial charge is 0.372 e. The molecule has 3 aromatic rings. The molecule has 3 rings (SSSR count). The lowest BCUT2D eigenvalue weighted by Crippen LogP contribution is -2.23. The van der Waals surface area contributed by atoms with Crippen LogP contribution in [0.3, 0.4) is 0 Å². The number of rotatable bonds is 9. The van der Waals surface area contributed by atoms with Crippen molar-refractivity contribution >= 4 is 17.3 Å². The van der Waals surface area contributed by atoms with E-state index in [1.54, 1.807) is 0 Å². The van der Waals surface area contributed by atoms with Crippen LogP contribution in [-0.2, 0) is 0 Å². The van der Waals surface area contributed by atoms with Gasteiger partial charge < -0.3 is 14.7 Å². The number of anilines is 2. The Hall–Kier alpha value is -3.15. The zero-order valence-corrected chi connectivity index (χ0v) is 19.1. The summed E-state index contributed by atoms with van der Waals surface area (Å²) < 4.78 is 5.46. The molecule has 0 aliphatic rings. The van der Waals surface area contributed by atoms with Gasteiger partial charge in [0, 0.05) is 30.3 Å². The maximum atomic E-state index is 13.0. The molecule has 31 heavy (non-hydrogen) atoms. The van der Waals surface area contributed by atoms with Gasteiger partial charge in [-0.15, -0.1) is 0 Å². The van der Waals surface area contributed by atoms with Crippen LogP contribution in [0, 0.1) is 6.92 Å². The minimum atomic E-state index is -0.165. The molecule has 164 valence electrons. The molecule has 0 aliphatic heterocycles. The summed E-state index contributed by atoms with van der Waals surface area (Å²) in [5.41, 5.74) is 4.09. The molecule has 1 N–H and O–H groups in total. The van der Waals surface area contributed by atoms with Crippen LogP contribution in [0.5, 0.6) is 0 Å². The molecule has 0 radical (unpaired) electrons. The van der Waals surface area contributed by atoms with E-state index in [1.807, 2.05) is 63.2 Å². The van der Waals surface area contributed by atoms with Gasteiger partial charge >= 0.3 is 0 Å². The van der Waals surface area contributed by atoms with Crippen LogP contribution in [0.4, 0.5) is 11.4 Å². The van der Waals surface area contributed by atoms with E-state index in [4.69, 9.17) is 4.52 Å². The molecule has 1 aromatic heterocycles. The minimum Gasteiger partial charge on any atom is -0.372 e. The number of hydrogen-bond acceptors (Lipinski definition) is 5. The lowest BCUT2D eigenvalue weighted by atomic mass is 10.1. The standard InChI is InChI=1S/C25H32N4O2/c1-6-8-16-29(7-2)20-14-12-19(13-15-20)24(30)26-22-18(5)10-9-11-21(22)25-27-23(17(3)4)28-31-25/h9-15,17H,6-8,16H2,1-5H3,(H,26,30). The summed E-state index contributed by atoms with van der Waals surface area (Å²) in [7, 11) is 0. The Bertz CT molecular complexity index is 1010. The number of carbonyl (C=O) groups excluding carboxylic acids is 1. The summed E-state index contributed by atoms with van der Waals surface area (Å²) in [6, 6.07) is 13.5. The molecule has 2 aromatic carbocycles. The highest BCUT2D eigenvalue weighted by molar-refractivity contribution is 6.06. The van der Waals surface area contributed by atoms with E-state index in [1.165, 1.54) is 0 Å². The van der Waals surface area contributed by atoms with Crippen LogP contribution in [0.1, 0.15) is 68.2 Å². The fourth-order valence-electron chi connectivity index (χ4n) is 3.42. The monoisotopic (exact) mass is 420 g/mol. The molecule has 0 atom stereocenters. The van der Waals surface area contributed by atoms with E-state index < -0.39 is 0 Å². The Morgan fingerprint density at radius 1 is 1.13 bits per heavy atom. The number of amides is 1. The zero-order valence-electron chi connectivity index (χ0n) is 19.1. The van der Waals surface area contributed by atoms with E-state index >= 15 is 0 Å². The number of carbonyl (C=O) groups is 1. The predicted octanol–water partition coefficient (Wildman–Crippen LogP) is 6.05. The van der Waals surface area contributed by atoms with E-state index in [-0.39, 0.29) is 11.8 Å². The normalized spacial score (nSPS) is 11.0. The fourth-order valence-corrected chi connectivity index (χ4v) is 3.42. The van der Waals surface area contributed by atoms with Crippen molar-refractivity contribution in [3.8, 4) is 11.5 Å². The molecule has 1 amide bonds. The number of hydrogen-bond donors (Lipinski definition) is 1. The van der Waals surface area contributed by atoms with Gasteiger partial charge in [-0.1, -0.05) is 44.5 Å². The second-order valence-electron chi connectivity index (χ2n) is 8.04. The SMILES string of the molecule is CCCCN(CC)c1ccc(C(=O)Nc2c(C)cccc2-c2nc(C(C)C)no2)cc1. The lowest BCUT2D eigenvalue weighted by Gasteiger charge is -2.23. The number of benzene rings is 2. The van der Waals surface area contributed by atoms with E-state index in [0.717, 1.165) is 42.7 Å². The van der Waals surface area contributed by atoms with E-state index in [9.17, 15) is 4.79 Å². The van der Waals surface area contributed by atoms with Crippen LogP contribution < -0.4 is 10.2 Å². The smallest absolute Gasteiger partial charge is 0.260 e. The predicted molar refractivity (Wildman–Crippen MR) is 126 cm³/mol. The quantitative estimate of drug-likeness (QED) is 0.456. The van der Waals surface area contributed by atoms with Crippen LogP contribution in [0.25, 0.3) is 11.5 Å². The first kappa shape index (κ1) is 22.5. The molecule has 0 fully saturated rings. The van der Waals surface area contributed by atoms with Crippen molar-refractivity contribution in [3.05, 3.63) is 59.4 Å². The van der Waals surface area contributed by atoms with Gasteiger partial charge in [0.2, 0.25) is 0 Å². The average Bonchev–Trinajstić information content (AvgIpc) is 3.26. The first-order chi connectivity index (χ1) is 14.9. The molecule has 1 heterocycles. The summed E-state index contributed by atoms with van der Waals surface area (Å²) in [5, 5.41) is 7.10. The molecular weight excluding hydrogens is 388 g/mol. The van der Waals surface area contributed by atoms with Gasteiger partial charge in [-0.25, -0.2) is 0 Å². The lowest BCUT2D eigenvalue weighted by molar-refractivity contribution is 0.102. The van der Waals surface area contributed by atoms with Gasteiger partial charge in [0.25, 0.3) is 11.8 Å². The highest BCUT2D eigenvalue weighted by Gasteiger charge is 2.18. The summed E-state index contributed by atoms with van der Waals surface area (Å²) in [6.45, 7) is 12.3. The highest BCUT2D eigenvalue weighted by Crippen LogP contribution is 2.31. The van der Waals surface area contributed by atoms with Crippen LogP contribution in [0.2, 0.25) is 0 Å². The number of nitrogens with zero attached hydrogens (tertiary/aromatic N) is 3. The first-order valence-electron chi connectivity index (χ1n) is 11.0. The molecule has 0 spiro atoms. The second-order valence-corrected chi connectivity index (χ2v) is 8.04. The van der Waals surface area contributed by atoms with Crippen molar-refractivity contribution in [1.82, 2.24) is 10.1 Å². The Morgan fingerprint density at radius 2 is 1.87 bits per heavy atom. The number of nitrogens with one attached hydrogen (secondary N) is 1. The fraction of sp³-hybridized carbons (Fsp3) is 0.400. The third kappa shape index (κ3) is 5.32. The van der Waals surface area contributed by atoms with Crippen molar-refractivity contribution in [2.75, 3.05) is 23.3 Å². The molecule has 0 saturated heterocycles. The van der Waals surface area contributed by atoms with Crippen molar-refractivity contribution in [2.45, 2.75) is 53.4 Å². The molecule has 6 nitrogen and oxygen atoms in total. The third-order valence-electron chi connectivity index (χ3n) is 5.36. The number of para-hydroxylation sites is 1. The molecule has 0 aliphatic carbocycles. The topological polar surface area (TPSA) is 71.3 Å². The maximum Gasteiger partial charge on any atom is 0.260 e. The van der Waals surface area contributed by atoms with Crippen molar-refractivity contribution < 1.29 is 9.32 Å². The number of aryl methyl sites for hydroxylation is 1. The molecule has 0 bridgehead atoms. The zero-order chi connectivity index (χ0) is 22.4. The Kier molecular flexibility index (Phi) is 7.45. The molecule has 0 unspecified atom stereocenters. The Balaban J connectivity index is 1.82. The van der Waals surface area contributed by atoms with Gasteiger partial charge in [0.15, 0.2) is 5.82 Å². The summed E-state index contributed by atoms with van der Waals surface area (Å²) in [6.07, 6.45) is 2.31. The van der Waals surface area contributed by atoms with Gasteiger partial charge in [-0.3, -0.25) is 4.79 Å². The van der Waals surface area contributed by atoms with Crippen LogP contribution in [0.15, 0.2) is 47.0 Å². The molecule has 6 heteroatoms. The summed E-state index contributed by atoms with van der Waals surface area (Å²) in [4.78, 5) is 19.8. The summed E-state index contributed by atoms with van der Waals surface area (Å²) >= 11 is 0. The second kappa shape index (κ2) is 10.2. The maximum absolute atomic E-state index is 13.0. The van der Waals surface area contributed by atoms with Crippen LogP contribution >= 0.6 is 0 Å². The van der Waals surface area contributed by atoms with Gasteiger partial charge in [0.1, 0.15) is 0 Å². The van der Waals surface area contributed by atoms with Crippen LogP contribution in [-0.4, -0.2) is 29.1 Å². The van der Waals surface area contributed by atoms with Crippen molar-refractivity contribution in [2.24, 2.45) is 0 Å². The van der Waals surface area contributed by atoms with Gasteiger partial charge in [0.05, 0.1) is 11.3 Å². The van der Waals surface area contributed by atoms with Crippen molar-refractivity contribution in [1.29, 1.82) is 0 Å². The highest BCUT2D eigenvalue weighted by atomic mass is 16.5. The Labute approximate surface area is 184 Å². The van der Waals surface area contributed by atoms with E-state index in [2.05, 4.69) is 34.2 Å². The Morgan fingerprint density at radius 3 is 2.48 bits per heavy atom. The van der Waals surface area contributed by atoms with Gasteiger partial charge in [-0.05, 0) is 56.2 Å². The third-order valence-corrected chi connectivity index (χ3v) is 5.36. The molecular formula is C25H32N4O2. The number of unbranched alkanes of at least 4 members (excludes halogenated alkanes) is 1. The first-order valence-corrected chi connectivity index (χ1v) is 11.0. The van der Waals surface area contributed by atoms with E-state index in [0.29, 0.717) is 23.0 Å². The summed E-state index contributed by atoms with van der Waals surface area (Å²) in [5.74, 6) is 1.06. The number of aromatic nitrogens is 2.